The van der Waals surface area contributed by atoms with Crippen molar-refractivity contribution >= 4 is 0 Å². The summed E-state index contributed by atoms with van der Waals surface area (Å²) in [6, 6.07) is 2.04. The molecule has 0 aliphatic heterocycles. The molecule has 0 radical (unpaired) electrons. The minimum Gasteiger partial charge on any atom is -0.315 e. The average molecular weight is 195 g/mol. The normalized spacial score (nSPS) is 11.1. The third kappa shape index (κ3) is 4.42. The fourth-order valence-electron chi connectivity index (χ4n) is 1.30. The number of aromatic nitrogens is 2. The minimum absolute atomic E-state index is 0.787. The van der Waals surface area contributed by atoms with E-state index in [0.717, 1.165) is 31.2 Å². The Morgan fingerprint density at radius 2 is 2.21 bits per heavy atom. The van der Waals surface area contributed by atoms with Crippen LogP contribution in [-0.4, -0.2) is 22.9 Å². The third-order valence-corrected chi connectivity index (χ3v) is 2.19. The largest absolute Gasteiger partial charge is 0.315 e. The van der Waals surface area contributed by atoms with Gasteiger partial charge in [-0.15, -0.1) is 0 Å². The molecule has 0 unspecified atom stereocenters. The Labute approximate surface area is 86.5 Å². The number of rotatable bonds is 6. The molecule has 0 aromatic carbocycles. The second-order valence-electron chi connectivity index (χ2n) is 4.15. The quantitative estimate of drug-likeness (QED) is 0.702. The maximum Gasteiger partial charge on any atom is 0.0593 e. The van der Waals surface area contributed by atoms with Crippen LogP contribution in [0.2, 0.25) is 0 Å². The van der Waals surface area contributed by atoms with E-state index in [-0.39, 0.29) is 0 Å². The molecule has 3 nitrogen and oxygen atoms in total. The Morgan fingerprint density at radius 3 is 2.79 bits per heavy atom. The van der Waals surface area contributed by atoms with Crippen LogP contribution in [0.5, 0.6) is 0 Å². The number of hydrogen-bond donors (Lipinski definition) is 1. The lowest BCUT2D eigenvalue weighted by atomic mass is 10.1. The highest BCUT2D eigenvalue weighted by Crippen LogP contribution is 1.96. The highest BCUT2D eigenvalue weighted by Gasteiger charge is 1.95. The molecule has 0 fully saturated rings. The summed E-state index contributed by atoms with van der Waals surface area (Å²) < 4.78 is 1.98. The van der Waals surface area contributed by atoms with Crippen LogP contribution in [0.15, 0.2) is 12.3 Å². The van der Waals surface area contributed by atoms with Gasteiger partial charge in [0, 0.05) is 12.7 Å². The zero-order chi connectivity index (χ0) is 10.4. The molecule has 0 atom stereocenters. The summed E-state index contributed by atoms with van der Waals surface area (Å²) in [7, 11) is 0. The van der Waals surface area contributed by atoms with Crippen molar-refractivity contribution in [1.29, 1.82) is 0 Å². The maximum absolute atomic E-state index is 4.32. The van der Waals surface area contributed by atoms with Crippen LogP contribution in [0.3, 0.4) is 0 Å². The van der Waals surface area contributed by atoms with Gasteiger partial charge in [-0.2, -0.15) is 5.10 Å². The van der Waals surface area contributed by atoms with Crippen LogP contribution < -0.4 is 5.32 Å². The Hall–Kier alpha value is -0.830. The van der Waals surface area contributed by atoms with Crippen molar-refractivity contribution in [2.45, 2.75) is 33.7 Å². The van der Waals surface area contributed by atoms with Gasteiger partial charge in [0.1, 0.15) is 0 Å². The molecule has 1 rings (SSSR count). The van der Waals surface area contributed by atoms with Crippen LogP contribution in [0.4, 0.5) is 0 Å². The first-order valence-corrected chi connectivity index (χ1v) is 5.39. The molecule has 1 aromatic rings. The van der Waals surface area contributed by atoms with Gasteiger partial charge in [-0.05, 0) is 31.9 Å². The topological polar surface area (TPSA) is 29.9 Å². The molecule has 14 heavy (non-hydrogen) atoms. The van der Waals surface area contributed by atoms with Crippen molar-refractivity contribution in [3.05, 3.63) is 18.0 Å². The number of hydrogen-bond acceptors (Lipinski definition) is 2. The highest BCUT2D eigenvalue weighted by molar-refractivity contribution is 4.94. The molecular formula is C11H21N3. The second kappa shape index (κ2) is 5.81. The summed E-state index contributed by atoms with van der Waals surface area (Å²) in [6.45, 7) is 9.59. The fraction of sp³-hybridized carbons (Fsp3) is 0.727. The molecule has 0 bridgehead atoms. The summed E-state index contributed by atoms with van der Waals surface area (Å²) in [4.78, 5) is 0. The van der Waals surface area contributed by atoms with Gasteiger partial charge in [-0.25, -0.2) is 0 Å². The van der Waals surface area contributed by atoms with Crippen molar-refractivity contribution in [2.24, 2.45) is 5.92 Å². The minimum atomic E-state index is 0.787. The van der Waals surface area contributed by atoms with Crippen LogP contribution >= 0.6 is 0 Å². The first-order valence-electron chi connectivity index (χ1n) is 5.39. The molecule has 3 heteroatoms. The van der Waals surface area contributed by atoms with Gasteiger partial charge in [-0.1, -0.05) is 13.8 Å². The van der Waals surface area contributed by atoms with E-state index < -0.39 is 0 Å². The Kier molecular flexibility index (Phi) is 4.66. The molecule has 0 aliphatic rings. The zero-order valence-corrected chi connectivity index (χ0v) is 9.45. The van der Waals surface area contributed by atoms with Gasteiger partial charge < -0.3 is 5.32 Å². The summed E-state index contributed by atoms with van der Waals surface area (Å²) in [5.41, 5.74) is 1.09. The van der Waals surface area contributed by atoms with Crippen molar-refractivity contribution in [2.75, 3.05) is 13.1 Å². The van der Waals surface area contributed by atoms with Gasteiger partial charge in [0.25, 0.3) is 0 Å². The van der Waals surface area contributed by atoms with Crippen LogP contribution in [0, 0.1) is 12.8 Å². The number of nitrogens with one attached hydrogen (secondary N) is 1. The lowest BCUT2D eigenvalue weighted by Crippen LogP contribution is -2.22. The molecule has 80 valence electrons. The van der Waals surface area contributed by atoms with E-state index >= 15 is 0 Å². The molecule has 0 aliphatic carbocycles. The van der Waals surface area contributed by atoms with E-state index in [1.165, 1.54) is 6.42 Å². The Bertz CT molecular complexity index is 253. The monoisotopic (exact) mass is 195 g/mol. The van der Waals surface area contributed by atoms with Crippen molar-refractivity contribution in [1.82, 2.24) is 15.1 Å². The SMILES string of the molecule is Cc1ccn(CCNCCC(C)C)n1. The molecule has 0 saturated carbocycles. The van der Waals surface area contributed by atoms with E-state index in [4.69, 9.17) is 0 Å². The summed E-state index contributed by atoms with van der Waals surface area (Å²) in [6.07, 6.45) is 3.28. The molecule has 0 spiro atoms. The molecule has 1 aromatic heterocycles. The predicted octanol–water partition coefficient (Wildman–Crippen LogP) is 1.83. The van der Waals surface area contributed by atoms with E-state index in [0.29, 0.717) is 0 Å². The van der Waals surface area contributed by atoms with E-state index in [1.807, 2.05) is 23.9 Å². The van der Waals surface area contributed by atoms with Gasteiger partial charge in [0.05, 0.1) is 12.2 Å². The predicted molar refractivity (Wildman–Crippen MR) is 59.3 cm³/mol. The first-order chi connectivity index (χ1) is 6.68. The lowest BCUT2D eigenvalue weighted by molar-refractivity contribution is 0.504. The summed E-state index contributed by atoms with van der Waals surface area (Å²) >= 11 is 0. The Morgan fingerprint density at radius 1 is 1.43 bits per heavy atom. The highest BCUT2D eigenvalue weighted by atomic mass is 15.3. The van der Waals surface area contributed by atoms with Crippen molar-refractivity contribution < 1.29 is 0 Å². The van der Waals surface area contributed by atoms with E-state index in [9.17, 15) is 0 Å². The molecule has 0 amide bonds. The van der Waals surface area contributed by atoms with Gasteiger partial charge >= 0.3 is 0 Å². The molecule has 1 heterocycles. The Balaban J connectivity index is 2.04. The average Bonchev–Trinajstić information content (AvgIpc) is 2.50. The van der Waals surface area contributed by atoms with Gasteiger partial charge in [0.2, 0.25) is 0 Å². The van der Waals surface area contributed by atoms with Crippen LogP contribution in [0.25, 0.3) is 0 Å². The smallest absolute Gasteiger partial charge is 0.0593 e. The van der Waals surface area contributed by atoms with Crippen molar-refractivity contribution in [3.63, 3.8) is 0 Å². The summed E-state index contributed by atoms with van der Waals surface area (Å²) in [5.74, 6) is 0.787. The third-order valence-electron chi connectivity index (χ3n) is 2.19. The maximum atomic E-state index is 4.32. The van der Waals surface area contributed by atoms with Crippen LogP contribution in [-0.2, 0) is 6.54 Å². The van der Waals surface area contributed by atoms with Gasteiger partial charge in [0.15, 0.2) is 0 Å². The lowest BCUT2D eigenvalue weighted by Gasteiger charge is -2.06. The summed E-state index contributed by atoms with van der Waals surface area (Å²) in [5, 5.41) is 7.73. The van der Waals surface area contributed by atoms with E-state index in [2.05, 4.69) is 24.3 Å². The fourth-order valence-corrected chi connectivity index (χ4v) is 1.30. The number of aryl methyl sites for hydroxylation is 1. The second-order valence-corrected chi connectivity index (χ2v) is 4.15. The molecule has 1 N–H and O–H groups in total. The van der Waals surface area contributed by atoms with Gasteiger partial charge in [-0.3, -0.25) is 4.68 Å². The zero-order valence-electron chi connectivity index (χ0n) is 9.45. The van der Waals surface area contributed by atoms with Crippen LogP contribution in [0.1, 0.15) is 26.0 Å². The molecular weight excluding hydrogens is 174 g/mol. The molecule has 0 saturated heterocycles. The standard InChI is InChI=1S/C11H21N3/c1-10(2)4-6-12-7-9-14-8-5-11(3)13-14/h5,8,10,12H,4,6-7,9H2,1-3H3. The number of nitrogens with zero attached hydrogens (tertiary/aromatic N) is 2. The first kappa shape index (κ1) is 11.2. The van der Waals surface area contributed by atoms with E-state index in [1.54, 1.807) is 0 Å². The van der Waals surface area contributed by atoms with Crippen molar-refractivity contribution in [3.8, 4) is 0 Å².